The molecule has 130 valence electrons. The van der Waals surface area contributed by atoms with Gasteiger partial charge in [0, 0.05) is 23.7 Å². The molecule has 4 nitrogen and oxygen atoms in total. The predicted octanol–water partition coefficient (Wildman–Crippen LogP) is 5.48. The molecule has 2 fully saturated rings. The van der Waals surface area contributed by atoms with E-state index in [1.165, 1.54) is 44.9 Å². The number of hydrogen-bond donors (Lipinski definition) is 0. The van der Waals surface area contributed by atoms with Gasteiger partial charge in [0.1, 0.15) is 5.60 Å². The summed E-state index contributed by atoms with van der Waals surface area (Å²) in [6.07, 6.45) is 13.9. The first-order valence-corrected chi connectivity index (χ1v) is 10.4. The van der Waals surface area contributed by atoms with Crippen LogP contribution in [0, 0.1) is 0 Å². The Balaban J connectivity index is 1.97. The highest BCUT2D eigenvalue weighted by molar-refractivity contribution is 14.1. The molecule has 1 aliphatic heterocycles. The van der Waals surface area contributed by atoms with Crippen LogP contribution in [0.5, 0.6) is 0 Å². The first-order valence-electron chi connectivity index (χ1n) is 8.92. The quantitative estimate of drug-likeness (QED) is 0.316. The van der Waals surface area contributed by atoms with Gasteiger partial charge in [-0.1, -0.05) is 67.5 Å². The third-order valence-corrected chi connectivity index (χ3v) is 6.33. The van der Waals surface area contributed by atoms with E-state index in [0.717, 1.165) is 36.5 Å². The van der Waals surface area contributed by atoms with Crippen LogP contribution in [0.3, 0.4) is 0 Å². The van der Waals surface area contributed by atoms with E-state index in [1.54, 1.807) is 0 Å². The van der Waals surface area contributed by atoms with Gasteiger partial charge in [0.05, 0.1) is 6.61 Å². The van der Waals surface area contributed by atoms with Crippen LogP contribution < -0.4 is 0 Å². The number of rotatable bonds is 1. The summed E-state index contributed by atoms with van der Waals surface area (Å²) >= 11 is 2.35. The molecule has 1 heterocycles. The summed E-state index contributed by atoms with van der Waals surface area (Å²) in [5.41, 5.74) is -0.291. The van der Waals surface area contributed by atoms with Crippen molar-refractivity contribution in [2.45, 2.75) is 95.4 Å². The lowest BCUT2D eigenvalue weighted by atomic mass is 9.97. The minimum Gasteiger partial charge on any atom is -0.234 e. The Morgan fingerprint density at radius 2 is 1.27 bits per heavy atom. The zero-order chi connectivity index (χ0) is 15.7. The molecule has 1 saturated carbocycles. The lowest BCUT2D eigenvalue weighted by Crippen LogP contribution is -2.44. The van der Waals surface area contributed by atoms with E-state index >= 15 is 0 Å². The first kappa shape index (κ1) is 18.9. The average Bonchev–Trinajstić information content (AvgIpc) is 2.51. The van der Waals surface area contributed by atoms with Crippen LogP contribution in [0.4, 0.5) is 0 Å². The third kappa shape index (κ3) is 6.23. The number of alkyl halides is 1. The molecule has 0 aromatic carbocycles. The van der Waals surface area contributed by atoms with E-state index in [4.69, 9.17) is 19.6 Å². The highest BCUT2D eigenvalue weighted by Gasteiger charge is 2.40. The van der Waals surface area contributed by atoms with Crippen molar-refractivity contribution in [3.8, 4) is 0 Å². The maximum atomic E-state index is 5.87. The third-order valence-electron chi connectivity index (χ3n) is 4.72. The van der Waals surface area contributed by atoms with E-state index in [1.807, 2.05) is 0 Å². The number of halogens is 1. The van der Waals surface area contributed by atoms with Crippen molar-refractivity contribution in [3.63, 3.8) is 0 Å². The van der Waals surface area contributed by atoms with E-state index in [-0.39, 0.29) is 5.60 Å². The molecule has 1 spiro atoms. The van der Waals surface area contributed by atoms with Gasteiger partial charge >= 0.3 is 0 Å². The highest BCUT2D eigenvalue weighted by Crippen LogP contribution is 2.34. The van der Waals surface area contributed by atoms with Gasteiger partial charge in [-0.3, -0.25) is 0 Å². The molecule has 0 amide bonds. The van der Waals surface area contributed by atoms with Crippen LogP contribution in [-0.2, 0) is 19.6 Å². The van der Waals surface area contributed by atoms with Crippen LogP contribution in [0.1, 0.15) is 84.0 Å². The minimum absolute atomic E-state index is 0.291. The molecular weight excluding hydrogens is 395 g/mol. The monoisotopic (exact) mass is 426 g/mol. The van der Waals surface area contributed by atoms with Gasteiger partial charge in [-0.2, -0.15) is 9.78 Å². The second-order valence-corrected chi connectivity index (χ2v) is 7.76. The Morgan fingerprint density at radius 1 is 0.727 bits per heavy atom. The molecule has 2 aliphatic rings. The molecule has 0 N–H and O–H groups in total. The Kier molecular flexibility index (Phi) is 8.39. The van der Waals surface area contributed by atoms with Gasteiger partial charge in [-0.25, -0.2) is 9.78 Å². The number of hydrogen-bond acceptors (Lipinski definition) is 4. The molecule has 1 saturated heterocycles. The normalized spacial score (nSPS) is 32.5. The summed E-state index contributed by atoms with van der Waals surface area (Å²) in [6.45, 7) is 2.64. The van der Waals surface area contributed by atoms with Gasteiger partial charge in [0.25, 0.3) is 0 Å². The summed E-state index contributed by atoms with van der Waals surface area (Å²) in [5, 5.41) is 0. The molecule has 0 bridgehead atoms. The predicted molar refractivity (Wildman–Crippen MR) is 94.6 cm³/mol. The van der Waals surface area contributed by atoms with E-state index in [9.17, 15) is 0 Å². The fourth-order valence-electron chi connectivity index (χ4n) is 3.05. The summed E-state index contributed by atoms with van der Waals surface area (Å²) in [6, 6.07) is 0. The van der Waals surface area contributed by atoms with Crippen molar-refractivity contribution >= 4 is 22.6 Å². The second kappa shape index (κ2) is 9.77. The molecule has 0 radical (unpaired) electrons. The van der Waals surface area contributed by atoms with Crippen LogP contribution in [0.15, 0.2) is 0 Å². The molecule has 1 aliphatic carbocycles. The van der Waals surface area contributed by atoms with Crippen LogP contribution in [0.25, 0.3) is 0 Å². The molecule has 0 aromatic rings. The summed E-state index contributed by atoms with van der Waals surface area (Å²) in [4.78, 5) is 22.9. The molecule has 1 unspecified atom stereocenters. The molecule has 22 heavy (non-hydrogen) atoms. The maximum Gasteiger partial charge on any atom is 0.234 e. The Bertz CT molecular complexity index is 301. The van der Waals surface area contributed by atoms with Gasteiger partial charge < -0.3 is 0 Å². The maximum absolute atomic E-state index is 5.87. The van der Waals surface area contributed by atoms with Crippen molar-refractivity contribution in [2.75, 3.05) is 11.0 Å². The minimum atomic E-state index is -0.716. The smallest absolute Gasteiger partial charge is 0.234 e. The molecule has 0 aromatic heterocycles. The SMILES string of the molecule is CC1(CI)CCOOC2(CCCCCCCCCCC2)OO1. The first-order chi connectivity index (χ1) is 10.7. The fraction of sp³-hybridized carbons (Fsp3) is 1.00. The lowest BCUT2D eigenvalue weighted by molar-refractivity contribution is -0.546. The van der Waals surface area contributed by atoms with E-state index in [0.29, 0.717) is 6.61 Å². The van der Waals surface area contributed by atoms with Crippen molar-refractivity contribution in [1.29, 1.82) is 0 Å². The molecular formula is C17H31IO4. The highest BCUT2D eigenvalue weighted by atomic mass is 127. The van der Waals surface area contributed by atoms with Crippen molar-refractivity contribution in [3.05, 3.63) is 0 Å². The Hall–Kier alpha value is 0.570. The lowest BCUT2D eigenvalue weighted by Gasteiger charge is -2.38. The second-order valence-electron chi connectivity index (χ2n) is 7.00. The Morgan fingerprint density at radius 3 is 1.82 bits per heavy atom. The largest absolute Gasteiger partial charge is 0.234 e. The topological polar surface area (TPSA) is 36.9 Å². The van der Waals surface area contributed by atoms with Crippen molar-refractivity contribution < 1.29 is 19.6 Å². The molecule has 5 heteroatoms. The van der Waals surface area contributed by atoms with Crippen LogP contribution in [0.2, 0.25) is 0 Å². The van der Waals surface area contributed by atoms with Crippen molar-refractivity contribution in [2.24, 2.45) is 0 Å². The van der Waals surface area contributed by atoms with Gasteiger partial charge in [-0.15, -0.1) is 0 Å². The fourth-order valence-corrected chi connectivity index (χ4v) is 3.55. The van der Waals surface area contributed by atoms with Gasteiger partial charge in [-0.05, 0) is 19.8 Å². The standard InChI is InChI=1S/C17H31IO4/c1-16(15-18)13-14-19-21-17(22-20-16)11-9-7-5-3-2-4-6-8-10-12-17/h2-15H2,1H3. The Labute approximate surface area is 148 Å². The van der Waals surface area contributed by atoms with Crippen LogP contribution in [-0.4, -0.2) is 22.4 Å². The van der Waals surface area contributed by atoms with Gasteiger partial charge in [0.2, 0.25) is 5.79 Å². The zero-order valence-corrected chi connectivity index (χ0v) is 16.1. The van der Waals surface area contributed by atoms with Crippen LogP contribution >= 0.6 is 22.6 Å². The van der Waals surface area contributed by atoms with Crippen molar-refractivity contribution in [1.82, 2.24) is 0 Å². The van der Waals surface area contributed by atoms with E-state index < -0.39 is 5.79 Å². The zero-order valence-electron chi connectivity index (χ0n) is 13.9. The summed E-state index contributed by atoms with van der Waals surface area (Å²) in [7, 11) is 0. The van der Waals surface area contributed by atoms with E-state index in [2.05, 4.69) is 29.5 Å². The summed E-state index contributed by atoms with van der Waals surface area (Å²) in [5.74, 6) is -0.716. The average molecular weight is 426 g/mol. The summed E-state index contributed by atoms with van der Waals surface area (Å²) < 4.78 is 0.879. The molecule has 2 rings (SSSR count). The van der Waals surface area contributed by atoms with Gasteiger partial charge in [0.15, 0.2) is 0 Å². The molecule has 1 atom stereocenters.